The number of aryl methyl sites for hydroxylation is 1. The number of aliphatic imine (C=N–C) groups is 1. The monoisotopic (exact) mass is 385 g/mol. The van der Waals surface area contributed by atoms with Crippen molar-refractivity contribution in [3.8, 4) is 5.75 Å². The fourth-order valence-electron chi connectivity index (χ4n) is 2.15. The minimum absolute atomic E-state index is 0.0324. The molecule has 9 heteroatoms. The Kier molecular flexibility index (Phi) is 7.10. The molecule has 7 nitrogen and oxygen atoms in total. The number of carbonyl (C=O) groups excluding carboxylic acids is 2. The molecule has 0 bridgehead atoms. The van der Waals surface area contributed by atoms with Crippen LogP contribution in [0.25, 0.3) is 0 Å². The molecule has 2 amide bonds. The number of nitrogens with zero attached hydrogens (tertiary/aromatic N) is 1. The first-order chi connectivity index (χ1) is 11.9. The van der Waals surface area contributed by atoms with Gasteiger partial charge >= 0.3 is 0 Å². The van der Waals surface area contributed by atoms with E-state index in [-0.39, 0.29) is 18.2 Å². The summed E-state index contributed by atoms with van der Waals surface area (Å²) in [6.45, 7) is 2.76. The quantitative estimate of drug-likeness (QED) is 0.702. The predicted molar refractivity (Wildman–Crippen MR) is 99.7 cm³/mol. The number of methoxy groups -OCH3 is 2. The Labute approximate surface area is 155 Å². The van der Waals surface area contributed by atoms with Crippen LogP contribution in [0.2, 0.25) is 5.02 Å². The van der Waals surface area contributed by atoms with Gasteiger partial charge in [0.15, 0.2) is 5.17 Å². The average Bonchev–Trinajstić information content (AvgIpc) is 2.90. The van der Waals surface area contributed by atoms with Crippen molar-refractivity contribution < 1.29 is 19.1 Å². The molecule has 0 aromatic heterocycles. The Morgan fingerprint density at radius 1 is 1.44 bits per heavy atom. The van der Waals surface area contributed by atoms with Crippen molar-refractivity contribution in [2.24, 2.45) is 4.99 Å². The van der Waals surface area contributed by atoms with Gasteiger partial charge in [0, 0.05) is 24.6 Å². The Balaban J connectivity index is 1.98. The molecular weight excluding hydrogens is 366 g/mol. The minimum Gasteiger partial charge on any atom is -0.495 e. The number of anilines is 1. The van der Waals surface area contributed by atoms with Crippen LogP contribution in [0.5, 0.6) is 5.75 Å². The van der Waals surface area contributed by atoms with Gasteiger partial charge in [-0.2, -0.15) is 0 Å². The lowest BCUT2D eigenvalue weighted by molar-refractivity contribution is -0.122. The zero-order valence-corrected chi connectivity index (χ0v) is 15.8. The van der Waals surface area contributed by atoms with Crippen LogP contribution in [0, 0.1) is 6.92 Å². The van der Waals surface area contributed by atoms with E-state index in [0.717, 1.165) is 5.56 Å². The number of amides is 2. The average molecular weight is 386 g/mol. The van der Waals surface area contributed by atoms with Gasteiger partial charge in [0.1, 0.15) is 11.0 Å². The third-order valence-corrected chi connectivity index (χ3v) is 4.98. The zero-order chi connectivity index (χ0) is 18.4. The van der Waals surface area contributed by atoms with E-state index in [1.807, 2.05) is 6.92 Å². The number of hydrogen-bond donors (Lipinski definition) is 2. The smallest absolute Gasteiger partial charge is 0.240 e. The molecule has 1 aliphatic rings. The lowest BCUT2D eigenvalue weighted by atomic mass is 10.2. The molecule has 1 aromatic carbocycles. The first-order valence-corrected chi connectivity index (χ1v) is 8.85. The Bertz CT molecular complexity index is 696. The van der Waals surface area contributed by atoms with E-state index in [4.69, 9.17) is 21.1 Å². The highest BCUT2D eigenvalue weighted by Gasteiger charge is 2.32. The van der Waals surface area contributed by atoms with Crippen molar-refractivity contribution in [3.05, 3.63) is 22.7 Å². The van der Waals surface area contributed by atoms with Crippen LogP contribution < -0.4 is 15.4 Å². The number of rotatable bonds is 7. The van der Waals surface area contributed by atoms with E-state index in [1.165, 1.54) is 18.9 Å². The summed E-state index contributed by atoms with van der Waals surface area (Å²) in [5.74, 6) is -0.0457. The van der Waals surface area contributed by atoms with Gasteiger partial charge in [0.2, 0.25) is 11.8 Å². The summed E-state index contributed by atoms with van der Waals surface area (Å²) in [6.07, 6.45) is 0.0324. The first kappa shape index (κ1) is 19.6. The lowest BCUT2D eigenvalue weighted by Crippen LogP contribution is -2.28. The molecule has 0 unspecified atom stereocenters. The highest BCUT2D eigenvalue weighted by atomic mass is 35.5. The first-order valence-electron chi connectivity index (χ1n) is 7.59. The largest absolute Gasteiger partial charge is 0.495 e. The van der Waals surface area contributed by atoms with Crippen LogP contribution in [0.4, 0.5) is 5.69 Å². The molecule has 0 radical (unpaired) electrons. The summed E-state index contributed by atoms with van der Waals surface area (Å²) < 4.78 is 10.1. The Morgan fingerprint density at radius 3 is 2.88 bits per heavy atom. The maximum Gasteiger partial charge on any atom is 0.240 e. The molecule has 25 heavy (non-hydrogen) atoms. The van der Waals surface area contributed by atoms with Crippen LogP contribution >= 0.6 is 23.4 Å². The molecule has 0 aliphatic carbocycles. The van der Waals surface area contributed by atoms with Gasteiger partial charge < -0.3 is 20.1 Å². The van der Waals surface area contributed by atoms with Crippen LogP contribution in [-0.2, 0) is 14.3 Å². The second-order valence-corrected chi connectivity index (χ2v) is 6.93. The number of thioether (sulfide) groups is 1. The van der Waals surface area contributed by atoms with Crippen LogP contribution in [-0.4, -0.2) is 49.6 Å². The fraction of sp³-hybridized carbons (Fsp3) is 0.438. The highest BCUT2D eigenvalue weighted by molar-refractivity contribution is 8.15. The molecule has 1 fully saturated rings. The van der Waals surface area contributed by atoms with Gasteiger partial charge in [-0.05, 0) is 18.6 Å². The van der Waals surface area contributed by atoms with Gasteiger partial charge in [-0.1, -0.05) is 23.4 Å². The molecule has 136 valence electrons. The Hall–Kier alpha value is -1.77. The normalized spacial score (nSPS) is 18.3. The van der Waals surface area contributed by atoms with E-state index in [0.29, 0.717) is 34.8 Å². The van der Waals surface area contributed by atoms with E-state index in [2.05, 4.69) is 15.6 Å². The van der Waals surface area contributed by atoms with Crippen molar-refractivity contribution >= 4 is 46.0 Å². The van der Waals surface area contributed by atoms with Crippen molar-refractivity contribution in [2.45, 2.75) is 18.6 Å². The number of amidine groups is 1. The minimum atomic E-state index is -0.513. The van der Waals surface area contributed by atoms with E-state index in [9.17, 15) is 9.59 Å². The fourth-order valence-corrected chi connectivity index (χ4v) is 3.30. The second kappa shape index (κ2) is 9.07. The van der Waals surface area contributed by atoms with Crippen LogP contribution in [0.15, 0.2) is 17.1 Å². The molecule has 0 spiro atoms. The van der Waals surface area contributed by atoms with Gasteiger partial charge in [-0.3, -0.25) is 14.6 Å². The number of hydrogen-bond acceptors (Lipinski definition) is 6. The van der Waals surface area contributed by atoms with Crippen molar-refractivity contribution in [2.75, 3.05) is 32.7 Å². The third kappa shape index (κ3) is 5.35. The summed E-state index contributed by atoms with van der Waals surface area (Å²) in [5, 5.41) is 5.99. The van der Waals surface area contributed by atoms with Crippen molar-refractivity contribution in [3.63, 3.8) is 0 Å². The van der Waals surface area contributed by atoms with Crippen molar-refractivity contribution in [1.29, 1.82) is 0 Å². The van der Waals surface area contributed by atoms with E-state index in [1.54, 1.807) is 19.2 Å². The molecule has 1 saturated heterocycles. The number of nitrogens with one attached hydrogen (secondary N) is 2. The maximum absolute atomic E-state index is 12.3. The molecule has 2 N–H and O–H groups in total. The molecular formula is C16H20ClN3O4S. The summed E-state index contributed by atoms with van der Waals surface area (Å²) in [7, 11) is 3.08. The van der Waals surface area contributed by atoms with E-state index >= 15 is 0 Å². The zero-order valence-electron chi connectivity index (χ0n) is 14.2. The molecule has 1 aromatic rings. The lowest BCUT2D eigenvalue weighted by Gasteiger charge is -2.13. The van der Waals surface area contributed by atoms with E-state index < -0.39 is 5.25 Å². The van der Waals surface area contributed by atoms with Gasteiger partial charge in [0.25, 0.3) is 0 Å². The standard InChI is InChI=1S/C16H20ClN3O4S/c1-9-6-11(12(24-3)7-10(9)17)19-14(21)8-13-15(22)20-16(25-13)18-4-5-23-2/h6-7,13H,4-5,8H2,1-3H3,(H,19,21)(H,18,20,22)/t13-/m1/s1. The summed E-state index contributed by atoms with van der Waals surface area (Å²) >= 11 is 7.30. The number of ether oxygens (including phenoxy) is 2. The maximum atomic E-state index is 12.3. The predicted octanol–water partition coefficient (Wildman–Crippen LogP) is 2.22. The Morgan fingerprint density at radius 2 is 2.20 bits per heavy atom. The van der Waals surface area contributed by atoms with Gasteiger partial charge in [0.05, 0.1) is 25.9 Å². The van der Waals surface area contributed by atoms with Gasteiger partial charge in [-0.15, -0.1) is 0 Å². The van der Waals surface area contributed by atoms with Crippen molar-refractivity contribution in [1.82, 2.24) is 5.32 Å². The molecule has 2 rings (SSSR count). The van der Waals surface area contributed by atoms with Gasteiger partial charge in [-0.25, -0.2) is 0 Å². The number of halogens is 1. The molecule has 1 aliphatic heterocycles. The highest BCUT2D eigenvalue weighted by Crippen LogP contribution is 2.31. The number of benzene rings is 1. The summed E-state index contributed by atoms with van der Waals surface area (Å²) in [6, 6.07) is 3.38. The third-order valence-electron chi connectivity index (χ3n) is 3.45. The molecule has 0 saturated carbocycles. The SMILES string of the molecule is COCCN=C1NC(=O)[C@@H](CC(=O)Nc2cc(C)c(Cl)cc2OC)S1. The second-order valence-electron chi connectivity index (χ2n) is 5.33. The van der Waals surface area contributed by atoms with Crippen LogP contribution in [0.3, 0.4) is 0 Å². The molecule has 1 heterocycles. The molecule has 1 atom stereocenters. The summed E-state index contributed by atoms with van der Waals surface area (Å²) in [4.78, 5) is 28.5. The van der Waals surface area contributed by atoms with Crippen LogP contribution in [0.1, 0.15) is 12.0 Å². The summed E-state index contributed by atoms with van der Waals surface area (Å²) in [5.41, 5.74) is 1.34. The number of carbonyl (C=O) groups is 2. The topological polar surface area (TPSA) is 89.0 Å².